The Hall–Kier alpha value is -1.60. The highest BCUT2D eigenvalue weighted by molar-refractivity contribution is 7.89. The van der Waals surface area contributed by atoms with Crippen LogP contribution in [0.1, 0.15) is 24.2 Å². The monoisotopic (exact) mass is 287 g/mol. The fraction of sp³-hybridized carbons (Fsp3) is 0.417. The van der Waals surface area contributed by atoms with E-state index in [-0.39, 0.29) is 22.3 Å². The fourth-order valence-corrected chi connectivity index (χ4v) is 2.99. The number of hydrogen-bond acceptors (Lipinski definition) is 4. The molecule has 0 fully saturated rings. The number of hydrogen-bond donors (Lipinski definition) is 1. The van der Waals surface area contributed by atoms with Gasteiger partial charge in [-0.15, -0.1) is 0 Å². The molecule has 0 aliphatic heterocycles. The first kappa shape index (κ1) is 15.5. The molecule has 0 saturated heterocycles. The molecule has 0 bridgehead atoms. The van der Waals surface area contributed by atoms with Crippen molar-refractivity contribution in [2.75, 3.05) is 14.2 Å². The second kappa shape index (κ2) is 5.58. The van der Waals surface area contributed by atoms with Gasteiger partial charge in [0.25, 0.3) is 0 Å². The second-order valence-corrected chi connectivity index (χ2v) is 6.25. The summed E-state index contributed by atoms with van der Waals surface area (Å²) in [5.41, 5.74) is -0.100. The van der Waals surface area contributed by atoms with Gasteiger partial charge in [0, 0.05) is 13.1 Å². The quantitative estimate of drug-likeness (QED) is 0.885. The van der Waals surface area contributed by atoms with Gasteiger partial charge in [-0.2, -0.15) is 4.31 Å². The third kappa shape index (κ3) is 3.05. The van der Waals surface area contributed by atoms with E-state index in [0.717, 1.165) is 10.4 Å². The third-order valence-corrected chi connectivity index (χ3v) is 4.85. The van der Waals surface area contributed by atoms with Gasteiger partial charge in [-0.1, -0.05) is 0 Å². The summed E-state index contributed by atoms with van der Waals surface area (Å²) < 4.78 is 30.9. The topological polar surface area (TPSA) is 83.9 Å². The Morgan fingerprint density at radius 1 is 1.37 bits per heavy atom. The number of ether oxygens (including phenoxy) is 1. The molecule has 0 aliphatic rings. The maximum Gasteiger partial charge on any atom is 0.335 e. The summed E-state index contributed by atoms with van der Waals surface area (Å²) >= 11 is 0. The Morgan fingerprint density at radius 2 is 1.95 bits per heavy atom. The molecule has 0 aromatic heterocycles. The lowest BCUT2D eigenvalue weighted by Gasteiger charge is -2.22. The van der Waals surface area contributed by atoms with Crippen LogP contribution in [0, 0.1) is 0 Å². The molecule has 0 atom stereocenters. The zero-order valence-electron chi connectivity index (χ0n) is 11.2. The predicted octanol–water partition coefficient (Wildman–Crippen LogP) is 1.42. The molecule has 0 aliphatic carbocycles. The van der Waals surface area contributed by atoms with E-state index in [9.17, 15) is 13.2 Å². The molecule has 1 N–H and O–H groups in total. The van der Waals surface area contributed by atoms with E-state index in [1.54, 1.807) is 13.8 Å². The molecule has 0 spiro atoms. The molecule has 0 radical (unpaired) electrons. The second-order valence-electron chi connectivity index (χ2n) is 4.29. The normalized spacial score (nSPS) is 11.9. The van der Waals surface area contributed by atoms with E-state index in [4.69, 9.17) is 9.84 Å². The van der Waals surface area contributed by atoms with Crippen LogP contribution in [-0.2, 0) is 10.0 Å². The number of carboxylic acid groups (broad SMARTS) is 1. The number of benzene rings is 1. The smallest absolute Gasteiger partial charge is 0.335 e. The maximum atomic E-state index is 12.4. The van der Waals surface area contributed by atoms with E-state index in [1.165, 1.54) is 26.3 Å². The van der Waals surface area contributed by atoms with Crippen LogP contribution in [0.3, 0.4) is 0 Å². The summed E-state index contributed by atoms with van der Waals surface area (Å²) in [6.45, 7) is 3.45. The standard InChI is InChI=1S/C12H17NO5S/c1-8(2)13(3)19(16,17)11-7-9(12(14)15)5-6-10(11)18-4/h5-8H,1-4H3,(H,14,15). The zero-order valence-corrected chi connectivity index (χ0v) is 12.1. The van der Waals surface area contributed by atoms with Crippen LogP contribution < -0.4 is 4.74 Å². The van der Waals surface area contributed by atoms with Crippen molar-refractivity contribution in [3.8, 4) is 5.75 Å². The number of sulfonamides is 1. The molecule has 1 aromatic carbocycles. The summed E-state index contributed by atoms with van der Waals surface area (Å²) in [7, 11) is -1.02. The Labute approximate surface area is 112 Å². The van der Waals surface area contributed by atoms with Gasteiger partial charge in [-0.05, 0) is 32.0 Å². The summed E-state index contributed by atoms with van der Waals surface area (Å²) in [5.74, 6) is -1.07. The molecule has 1 rings (SSSR count). The van der Waals surface area contributed by atoms with Crippen molar-refractivity contribution in [1.29, 1.82) is 0 Å². The summed E-state index contributed by atoms with van der Waals surface area (Å²) in [6, 6.07) is 3.50. The zero-order chi connectivity index (χ0) is 14.8. The number of rotatable bonds is 5. The van der Waals surface area contributed by atoms with Crippen LogP contribution in [0.2, 0.25) is 0 Å². The van der Waals surface area contributed by atoms with Gasteiger partial charge in [-0.25, -0.2) is 13.2 Å². The summed E-state index contributed by atoms with van der Waals surface area (Å²) in [5, 5.41) is 8.94. The summed E-state index contributed by atoms with van der Waals surface area (Å²) in [4.78, 5) is 10.8. The Balaban J connectivity index is 3.47. The van der Waals surface area contributed by atoms with E-state index in [2.05, 4.69) is 0 Å². The highest BCUT2D eigenvalue weighted by atomic mass is 32.2. The lowest BCUT2D eigenvalue weighted by molar-refractivity contribution is 0.0696. The van der Waals surface area contributed by atoms with Gasteiger partial charge in [0.05, 0.1) is 12.7 Å². The van der Waals surface area contributed by atoms with Crippen molar-refractivity contribution in [2.24, 2.45) is 0 Å². The van der Waals surface area contributed by atoms with E-state index in [0.29, 0.717) is 0 Å². The van der Waals surface area contributed by atoms with Crippen LogP contribution in [-0.4, -0.2) is 44.0 Å². The predicted molar refractivity (Wildman–Crippen MR) is 70.0 cm³/mol. The SMILES string of the molecule is COc1ccc(C(=O)O)cc1S(=O)(=O)N(C)C(C)C. The highest BCUT2D eigenvalue weighted by Crippen LogP contribution is 2.28. The van der Waals surface area contributed by atoms with Gasteiger partial charge in [-0.3, -0.25) is 0 Å². The third-order valence-electron chi connectivity index (χ3n) is 2.79. The van der Waals surface area contributed by atoms with Crippen LogP contribution in [0.4, 0.5) is 0 Å². The Morgan fingerprint density at radius 3 is 2.37 bits per heavy atom. The lowest BCUT2D eigenvalue weighted by Crippen LogP contribution is -2.33. The molecule has 106 valence electrons. The van der Waals surface area contributed by atoms with E-state index >= 15 is 0 Å². The average Bonchev–Trinajstić information content (AvgIpc) is 2.36. The van der Waals surface area contributed by atoms with Crippen LogP contribution in [0.25, 0.3) is 0 Å². The van der Waals surface area contributed by atoms with Gasteiger partial charge >= 0.3 is 5.97 Å². The fourth-order valence-electron chi connectivity index (χ4n) is 1.44. The molecule has 0 unspecified atom stereocenters. The first-order valence-electron chi connectivity index (χ1n) is 5.61. The summed E-state index contributed by atoms with van der Waals surface area (Å²) in [6.07, 6.45) is 0. The highest BCUT2D eigenvalue weighted by Gasteiger charge is 2.27. The maximum absolute atomic E-state index is 12.4. The van der Waals surface area contributed by atoms with Crippen LogP contribution in [0.15, 0.2) is 23.1 Å². The first-order valence-corrected chi connectivity index (χ1v) is 7.05. The minimum atomic E-state index is -3.79. The van der Waals surface area contributed by atoms with Gasteiger partial charge < -0.3 is 9.84 Å². The van der Waals surface area contributed by atoms with Crippen molar-refractivity contribution in [3.63, 3.8) is 0 Å². The van der Waals surface area contributed by atoms with Crippen LogP contribution >= 0.6 is 0 Å². The van der Waals surface area contributed by atoms with Crippen molar-refractivity contribution in [3.05, 3.63) is 23.8 Å². The van der Waals surface area contributed by atoms with Gasteiger partial charge in [0.1, 0.15) is 10.6 Å². The Bertz CT molecular complexity index is 580. The lowest BCUT2D eigenvalue weighted by atomic mass is 10.2. The van der Waals surface area contributed by atoms with Crippen molar-refractivity contribution in [1.82, 2.24) is 4.31 Å². The Kier molecular flexibility index (Phi) is 4.54. The molecule has 0 saturated carbocycles. The molecule has 19 heavy (non-hydrogen) atoms. The molecular weight excluding hydrogens is 270 g/mol. The number of methoxy groups -OCH3 is 1. The number of carbonyl (C=O) groups is 1. The van der Waals surface area contributed by atoms with Crippen molar-refractivity contribution >= 4 is 16.0 Å². The number of carboxylic acids is 1. The first-order chi connectivity index (χ1) is 8.71. The minimum Gasteiger partial charge on any atom is -0.495 e. The number of nitrogens with zero attached hydrogens (tertiary/aromatic N) is 1. The van der Waals surface area contributed by atoms with Crippen molar-refractivity contribution < 1.29 is 23.1 Å². The van der Waals surface area contributed by atoms with E-state index in [1.807, 2.05) is 0 Å². The molecule has 0 heterocycles. The number of aromatic carboxylic acids is 1. The average molecular weight is 287 g/mol. The molecule has 1 aromatic rings. The van der Waals surface area contributed by atoms with E-state index < -0.39 is 16.0 Å². The van der Waals surface area contributed by atoms with Gasteiger partial charge in [0.15, 0.2) is 0 Å². The minimum absolute atomic E-state index is 0.100. The van der Waals surface area contributed by atoms with Crippen LogP contribution in [0.5, 0.6) is 5.75 Å². The van der Waals surface area contributed by atoms with Crippen molar-refractivity contribution in [2.45, 2.75) is 24.8 Å². The van der Waals surface area contributed by atoms with Gasteiger partial charge in [0.2, 0.25) is 10.0 Å². The molecule has 0 amide bonds. The largest absolute Gasteiger partial charge is 0.495 e. The molecule has 7 heteroatoms. The molecular formula is C12H17NO5S. The molecule has 6 nitrogen and oxygen atoms in total.